The van der Waals surface area contributed by atoms with Gasteiger partial charge in [0.2, 0.25) is 10.0 Å². The van der Waals surface area contributed by atoms with E-state index in [-0.39, 0.29) is 5.92 Å². The number of ether oxygens (including phenoxy) is 1. The Morgan fingerprint density at radius 1 is 1.33 bits per heavy atom. The minimum Gasteiger partial charge on any atom is -0.468 e. The Morgan fingerprint density at radius 3 is 2.48 bits per heavy atom. The van der Waals surface area contributed by atoms with E-state index in [1.54, 1.807) is 19.1 Å². The number of esters is 1. The van der Waals surface area contributed by atoms with E-state index in [2.05, 4.69) is 9.46 Å². The number of benzene rings is 1. The van der Waals surface area contributed by atoms with Crippen molar-refractivity contribution in [1.82, 2.24) is 4.72 Å². The van der Waals surface area contributed by atoms with Crippen LogP contribution in [0.4, 0.5) is 0 Å². The van der Waals surface area contributed by atoms with Crippen LogP contribution in [0.15, 0.2) is 35.7 Å². The van der Waals surface area contributed by atoms with Gasteiger partial charge in [-0.05, 0) is 17.6 Å². The molecule has 116 valence electrons. The molecule has 2 unspecified atom stereocenters. The van der Waals surface area contributed by atoms with Crippen LogP contribution < -0.4 is 4.72 Å². The fourth-order valence-electron chi connectivity index (χ4n) is 1.71. The molecule has 0 saturated carbocycles. The van der Waals surface area contributed by atoms with Crippen molar-refractivity contribution >= 4 is 22.1 Å². The van der Waals surface area contributed by atoms with E-state index in [0.717, 1.165) is 11.0 Å². The summed E-state index contributed by atoms with van der Waals surface area (Å²) in [5, 5.41) is 1.06. The zero-order chi connectivity index (χ0) is 15.9. The highest BCUT2D eigenvalue weighted by atomic mass is 32.2. The van der Waals surface area contributed by atoms with Gasteiger partial charge in [0.15, 0.2) is 0 Å². The standard InChI is InChI=1S/C15H21NO4S/c1-4-12(2)14(15(17)20-3)16-21(18,19)11-10-13-8-6-5-7-9-13/h5-12,14,16H,4H2,1-3H3. The summed E-state index contributed by atoms with van der Waals surface area (Å²) < 4.78 is 31.1. The zero-order valence-electron chi connectivity index (χ0n) is 12.4. The maximum absolute atomic E-state index is 12.0. The maximum atomic E-state index is 12.0. The van der Waals surface area contributed by atoms with E-state index >= 15 is 0 Å². The van der Waals surface area contributed by atoms with Crippen molar-refractivity contribution in [3.8, 4) is 0 Å². The van der Waals surface area contributed by atoms with Gasteiger partial charge in [-0.25, -0.2) is 8.42 Å². The lowest BCUT2D eigenvalue weighted by atomic mass is 10.0. The highest BCUT2D eigenvalue weighted by molar-refractivity contribution is 7.92. The second kappa shape index (κ2) is 7.95. The quantitative estimate of drug-likeness (QED) is 0.783. The molecule has 0 radical (unpaired) electrons. The number of methoxy groups -OCH3 is 1. The number of hydrogen-bond donors (Lipinski definition) is 1. The Balaban J connectivity index is 2.86. The number of rotatable bonds is 7. The summed E-state index contributed by atoms with van der Waals surface area (Å²) in [6.45, 7) is 3.68. The lowest BCUT2D eigenvalue weighted by Gasteiger charge is -2.20. The average Bonchev–Trinajstić information content (AvgIpc) is 2.50. The van der Waals surface area contributed by atoms with Crippen LogP contribution in [0, 0.1) is 5.92 Å². The molecule has 5 nitrogen and oxygen atoms in total. The van der Waals surface area contributed by atoms with Gasteiger partial charge in [0, 0.05) is 5.41 Å². The predicted molar refractivity (Wildman–Crippen MR) is 82.8 cm³/mol. The van der Waals surface area contributed by atoms with Crippen molar-refractivity contribution in [2.75, 3.05) is 7.11 Å². The number of carbonyl (C=O) groups excluding carboxylic acids is 1. The molecular weight excluding hydrogens is 290 g/mol. The van der Waals surface area contributed by atoms with Gasteiger partial charge in [-0.1, -0.05) is 50.6 Å². The van der Waals surface area contributed by atoms with Crippen molar-refractivity contribution in [3.05, 3.63) is 41.3 Å². The van der Waals surface area contributed by atoms with Gasteiger partial charge in [-0.2, -0.15) is 4.72 Å². The second-order valence-corrected chi connectivity index (χ2v) is 6.36. The molecule has 0 saturated heterocycles. The van der Waals surface area contributed by atoms with Crippen LogP contribution in [0.5, 0.6) is 0 Å². The fourth-order valence-corrected chi connectivity index (χ4v) is 2.81. The van der Waals surface area contributed by atoms with Crippen LogP contribution in [-0.4, -0.2) is 27.5 Å². The topological polar surface area (TPSA) is 72.5 Å². The molecule has 1 rings (SSSR count). The SMILES string of the molecule is CCC(C)C(NS(=O)(=O)C=Cc1ccccc1)C(=O)OC. The van der Waals surface area contributed by atoms with Crippen molar-refractivity contribution in [2.45, 2.75) is 26.3 Å². The van der Waals surface area contributed by atoms with Gasteiger partial charge in [-0.15, -0.1) is 0 Å². The lowest BCUT2D eigenvalue weighted by molar-refractivity contribution is -0.143. The summed E-state index contributed by atoms with van der Waals surface area (Å²) >= 11 is 0. The number of sulfonamides is 1. The molecule has 0 aliphatic carbocycles. The minimum atomic E-state index is -3.72. The molecule has 21 heavy (non-hydrogen) atoms. The maximum Gasteiger partial charge on any atom is 0.324 e. The molecule has 0 aliphatic heterocycles. The largest absolute Gasteiger partial charge is 0.468 e. The molecule has 0 fully saturated rings. The highest BCUT2D eigenvalue weighted by Crippen LogP contribution is 2.11. The Labute approximate surface area is 126 Å². The Morgan fingerprint density at radius 2 is 1.95 bits per heavy atom. The summed E-state index contributed by atoms with van der Waals surface area (Å²) in [7, 11) is -2.48. The summed E-state index contributed by atoms with van der Waals surface area (Å²) in [6.07, 6.45) is 2.14. The van der Waals surface area contributed by atoms with Gasteiger partial charge in [0.1, 0.15) is 6.04 Å². The molecule has 2 atom stereocenters. The van der Waals surface area contributed by atoms with Crippen LogP contribution >= 0.6 is 0 Å². The first-order valence-corrected chi connectivity index (χ1v) is 8.27. The van der Waals surface area contributed by atoms with Crippen molar-refractivity contribution in [3.63, 3.8) is 0 Å². The number of hydrogen-bond acceptors (Lipinski definition) is 4. The van der Waals surface area contributed by atoms with Crippen LogP contribution in [0.25, 0.3) is 6.08 Å². The lowest BCUT2D eigenvalue weighted by Crippen LogP contribution is -2.44. The van der Waals surface area contributed by atoms with Gasteiger partial charge in [0.25, 0.3) is 0 Å². The second-order valence-electron chi connectivity index (χ2n) is 4.76. The Bertz CT molecular complexity index is 581. The van der Waals surface area contributed by atoms with Crippen molar-refractivity contribution in [1.29, 1.82) is 0 Å². The van der Waals surface area contributed by atoms with E-state index in [1.165, 1.54) is 13.2 Å². The van der Waals surface area contributed by atoms with Crippen LogP contribution in [0.3, 0.4) is 0 Å². The van der Waals surface area contributed by atoms with E-state index in [0.29, 0.717) is 6.42 Å². The van der Waals surface area contributed by atoms with Gasteiger partial charge in [0.05, 0.1) is 7.11 Å². The molecule has 6 heteroatoms. The van der Waals surface area contributed by atoms with E-state index in [9.17, 15) is 13.2 Å². The van der Waals surface area contributed by atoms with Gasteiger partial charge >= 0.3 is 5.97 Å². The third-order valence-electron chi connectivity index (χ3n) is 3.20. The summed E-state index contributed by atoms with van der Waals surface area (Å²) in [4.78, 5) is 11.7. The molecule has 0 spiro atoms. The molecule has 0 amide bonds. The first kappa shape index (κ1) is 17.4. The Kier molecular flexibility index (Phi) is 6.58. The number of nitrogens with one attached hydrogen (secondary N) is 1. The van der Waals surface area contributed by atoms with E-state index < -0.39 is 22.0 Å². The van der Waals surface area contributed by atoms with E-state index in [1.807, 2.05) is 25.1 Å². The molecule has 1 aromatic carbocycles. The first-order valence-electron chi connectivity index (χ1n) is 6.73. The van der Waals surface area contributed by atoms with Crippen molar-refractivity contribution < 1.29 is 17.9 Å². The zero-order valence-corrected chi connectivity index (χ0v) is 13.3. The molecule has 1 aromatic rings. The summed E-state index contributed by atoms with van der Waals surface area (Å²) in [6, 6.07) is 8.18. The van der Waals surface area contributed by atoms with Crippen molar-refractivity contribution in [2.24, 2.45) is 5.92 Å². The average molecular weight is 311 g/mol. The monoisotopic (exact) mass is 311 g/mol. The predicted octanol–water partition coefficient (Wildman–Crippen LogP) is 2.16. The normalized spacial score (nSPS) is 14.8. The smallest absolute Gasteiger partial charge is 0.324 e. The highest BCUT2D eigenvalue weighted by Gasteiger charge is 2.28. The van der Waals surface area contributed by atoms with Crippen LogP contribution in [0.2, 0.25) is 0 Å². The third kappa shape index (κ3) is 5.69. The Hall–Kier alpha value is -1.66. The third-order valence-corrected chi connectivity index (χ3v) is 4.28. The minimum absolute atomic E-state index is 0.155. The fraction of sp³-hybridized carbons (Fsp3) is 0.400. The molecule has 0 aliphatic rings. The molecule has 0 bridgehead atoms. The summed E-state index contributed by atoms with van der Waals surface area (Å²) in [5.41, 5.74) is 0.765. The van der Waals surface area contributed by atoms with Crippen LogP contribution in [0.1, 0.15) is 25.8 Å². The summed E-state index contributed by atoms with van der Waals surface area (Å²) in [5.74, 6) is -0.738. The van der Waals surface area contributed by atoms with Crippen LogP contribution in [-0.2, 0) is 19.6 Å². The molecule has 0 heterocycles. The van der Waals surface area contributed by atoms with Gasteiger partial charge in [-0.3, -0.25) is 4.79 Å². The van der Waals surface area contributed by atoms with Gasteiger partial charge < -0.3 is 4.74 Å². The van der Waals surface area contributed by atoms with E-state index in [4.69, 9.17) is 0 Å². The number of carbonyl (C=O) groups is 1. The molecule has 1 N–H and O–H groups in total. The molecular formula is C15H21NO4S. The molecule has 0 aromatic heterocycles. The first-order chi connectivity index (χ1) is 9.89.